The largest absolute Gasteiger partial charge is 0.250 e. The third-order valence-corrected chi connectivity index (χ3v) is 3.68. The number of rotatable bonds is 1. The van der Waals surface area contributed by atoms with E-state index >= 15 is 0 Å². The molecular weight excluding hydrogens is 244 g/mol. The highest BCUT2D eigenvalue weighted by molar-refractivity contribution is 5.79. The van der Waals surface area contributed by atoms with Crippen LogP contribution >= 0.6 is 0 Å². The molecule has 1 aliphatic rings. The number of nitrogens with zero attached hydrogens (tertiary/aromatic N) is 2. The zero-order valence-corrected chi connectivity index (χ0v) is 13.6. The number of aromatic nitrogens is 2. The van der Waals surface area contributed by atoms with Gasteiger partial charge in [0.05, 0.1) is 22.4 Å². The fourth-order valence-corrected chi connectivity index (χ4v) is 2.53. The lowest BCUT2D eigenvalue weighted by Crippen LogP contribution is -2.13. The molecule has 0 spiro atoms. The number of benzene rings is 1. The van der Waals surface area contributed by atoms with E-state index in [9.17, 15) is 0 Å². The third-order valence-electron chi connectivity index (χ3n) is 3.68. The standard InChI is InChI=1S/C16H20N2.C2H6/c1-10-14(11-8-9-11)18-15-12(16(2,3)4)6-5-7-13(15)17-10;1-2/h5-7,11H,8-9H2,1-4H3;1-2H3. The maximum atomic E-state index is 4.94. The molecule has 1 aromatic heterocycles. The van der Waals surface area contributed by atoms with Crippen LogP contribution in [0.25, 0.3) is 11.0 Å². The first kappa shape index (κ1) is 15.0. The van der Waals surface area contributed by atoms with Crippen LogP contribution in [0.3, 0.4) is 0 Å². The van der Waals surface area contributed by atoms with E-state index in [4.69, 9.17) is 9.97 Å². The zero-order valence-electron chi connectivity index (χ0n) is 13.6. The van der Waals surface area contributed by atoms with Gasteiger partial charge in [-0.15, -0.1) is 0 Å². The summed E-state index contributed by atoms with van der Waals surface area (Å²) in [7, 11) is 0. The average molecular weight is 270 g/mol. The van der Waals surface area contributed by atoms with Crippen molar-refractivity contribution in [2.75, 3.05) is 0 Å². The minimum absolute atomic E-state index is 0.115. The van der Waals surface area contributed by atoms with Crippen LogP contribution in [0, 0.1) is 6.92 Å². The van der Waals surface area contributed by atoms with E-state index in [0.717, 1.165) is 16.7 Å². The normalized spacial score (nSPS) is 14.9. The Hall–Kier alpha value is -1.44. The van der Waals surface area contributed by atoms with Gasteiger partial charge in [-0.1, -0.05) is 46.8 Å². The van der Waals surface area contributed by atoms with E-state index in [1.54, 1.807) is 0 Å². The zero-order chi connectivity index (χ0) is 14.9. The van der Waals surface area contributed by atoms with E-state index in [0.29, 0.717) is 5.92 Å². The minimum Gasteiger partial charge on any atom is -0.250 e. The molecule has 108 valence electrons. The summed E-state index contributed by atoms with van der Waals surface area (Å²) < 4.78 is 0. The monoisotopic (exact) mass is 270 g/mol. The van der Waals surface area contributed by atoms with Crippen molar-refractivity contribution in [3.63, 3.8) is 0 Å². The number of hydrogen-bond acceptors (Lipinski definition) is 2. The topological polar surface area (TPSA) is 25.8 Å². The Bertz CT molecular complexity index is 605. The Labute approximate surface area is 122 Å². The highest BCUT2D eigenvalue weighted by Crippen LogP contribution is 2.41. The number of para-hydroxylation sites is 1. The smallest absolute Gasteiger partial charge is 0.0927 e. The Kier molecular flexibility index (Phi) is 4.12. The second-order valence-corrected chi connectivity index (χ2v) is 6.39. The molecule has 3 rings (SSSR count). The van der Waals surface area contributed by atoms with Crippen LogP contribution in [0.4, 0.5) is 0 Å². The molecule has 1 fully saturated rings. The van der Waals surface area contributed by atoms with Crippen molar-refractivity contribution in [2.24, 2.45) is 0 Å². The minimum atomic E-state index is 0.115. The Morgan fingerprint density at radius 2 is 1.70 bits per heavy atom. The summed E-state index contributed by atoms with van der Waals surface area (Å²) in [5, 5.41) is 0. The first-order valence-corrected chi connectivity index (χ1v) is 7.74. The molecule has 0 bridgehead atoms. The maximum Gasteiger partial charge on any atom is 0.0927 e. The summed E-state index contributed by atoms with van der Waals surface area (Å²) in [4.78, 5) is 9.69. The summed E-state index contributed by atoms with van der Waals surface area (Å²) in [6.07, 6.45) is 2.55. The van der Waals surface area contributed by atoms with Gasteiger partial charge in [-0.25, -0.2) is 9.97 Å². The Balaban J connectivity index is 0.000000704. The molecule has 1 saturated carbocycles. The van der Waals surface area contributed by atoms with Gasteiger partial charge in [0.15, 0.2) is 0 Å². The molecule has 2 heteroatoms. The number of fused-ring (bicyclic) bond motifs is 1. The Morgan fingerprint density at radius 1 is 1.05 bits per heavy atom. The van der Waals surface area contributed by atoms with Gasteiger partial charge >= 0.3 is 0 Å². The third kappa shape index (κ3) is 2.84. The summed E-state index contributed by atoms with van der Waals surface area (Å²) in [5.74, 6) is 0.662. The van der Waals surface area contributed by atoms with Crippen molar-refractivity contribution in [1.29, 1.82) is 0 Å². The first-order valence-electron chi connectivity index (χ1n) is 7.74. The van der Waals surface area contributed by atoms with Gasteiger partial charge in [0, 0.05) is 5.92 Å². The highest BCUT2D eigenvalue weighted by Gasteiger charge is 2.28. The van der Waals surface area contributed by atoms with Crippen LogP contribution in [0.5, 0.6) is 0 Å². The molecule has 1 heterocycles. The van der Waals surface area contributed by atoms with Gasteiger partial charge in [0.1, 0.15) is 0 Å². The summed E-state index contributed by atoms with van der Waals surface area (Å²) in [6, 6.07) is 6.35. The molecule has 2 aromatic rings. The maximum absolute atomic E-state index is 4.94. The van der Waals surface area contributed by atoms with E-state index in [1.165, 1.54) is 24.1 Å². The molecule has 2 nitrogen and oxygen atoms in total. The molecule has 0 aliphatic heterocycles. The van der Waals surface area contributed by atoms with Crippen LogP contribution < -0.4 is 0 Å². The summed E-state index contributed by atoms with van der Waals surface area (Å²) >= 11 is 0. The Morgan fingerprint density at radius 3 is 2.25 bits per heavy atom. The predicted octanol–water partition coefficient (Wildman–Crippen LogP) is 5.14. The second-order valence-electron chi connectivity index (χ2n) is 6.39. The SMILES string of the molecule is CC.Cc1nc2cccc(C(C)(C)C)c2nc1C1CC1. The van der Waals surface area contributed by atoms with Gasteiger partial charge in [-0.3, -0.25) is 0 Å². The molecule has 0 atom stereocenters. The van der Waals surface area contributed by atoms with Crippen molar-refractivity contribution in [2.45, 2.75) is 65.7 Å². The number of aryl methyl sites for hydroxylation is 1. The molecule has 0 saturated heterocycles. The lowest BCUT2D eigenvalue weighted by Gasteiger charge is -2.21. The molecule has 20 heavy (non-hydrogen) atoms. The molecule has 0 unspecified atom stereocenters. The van der Waals surface area contributed by atoms with Gasteiger partial charge in [-0.2, -0.15) is 0 Å². The van der Waals surface area contributed by atoms with Gasteiger partial charge in [0.25, 0.3) is 0 Å². The van der Waals surface area contributed by atoms with Crippen LogP contribution in [0.1, 0.15) is 70.3 Å². The van der Waals surface area contributed by atoms with Crippen LogP contribution in [-0.2, 0) is 5.41 Å². The van der Waals surface area contributed by atoms with Gasteiger partial charge in [0.2, 0.25) is 0 Å². The van der Waals surface area contributed by atoms with Crippen molar-refractivity contribution in [3.8, 4) is 0 Å². The fourth-order valence-electron chi connectivity index (χ4n) is 2.53. The van der Waals surface area contributed by atoms with Gasteiger partial charge in [-0.05, 0) is 36.8 Å². The van der Waals surface area contributed by atoms with E-state index < -0.39 is 0 Å². The van der Waals surface area contributed by atoms with Crippen LogP contribution in [0.15, 0.2) is 18.2 Å². The summed E-state index contributed by atoms with van der Waals surface area (Å²) in [5.41, 5.74) is 5.87. The molecule has 1 aliphatic carbocycles. The molecule has 0 amide bonds. The van der Waals surface area contributed by atoms with Crippen molar-refractivity contribution >= 4 is 11.0 Å². The van der Waals surface area contributed by atoms with E-state index in [1.807, 2.05) is 13.8 Å². The van der Waals surface area contributed by atoms with Crippen molar-refractivity contribution < 1.29 is 0 Å². The van der Waals surface area contributed by atoms with Gasteiger partial charge < -0.3 is 0 Å². The summed E-state index contributed by atoms with van der Waals surface area (Å²) in [6.45, 7) is 12.8. The van der Waals surface area contributed by atoms with Crippen LogP contribution in [-0.4, -0.2) is 9.97 Å². The number of hydrogen-bond donors (Lipinski definition) is 0. The lowest BCUT2D eigenvalue weighted by molar-refractivity contribution is 0.594. The fraction of sp³-hybridized carbons (Fsp3) is 0.556. The van der Waals surface area contributed by atoms with E-state index in [2.05, 4.69) is 45.9 Å². The second kappa shape index (κ2) is 5.51. The average Bonchev–Trinajstić information content (AvgIpc) is 3.22. The van der Waals surface area contributed by atoms with E-state index in [-0.39, 0.29) is 5.41 Å². The predicted molar refractivity (Wildman–Crippen MR) is 86.3 cm³/mol. The van der Waals surface area contributed by atoms with Crippen molar-refractivity contribution in [3.05, 3.63) is 35.2 Å². The van der Waals surface area contributed by atoms with Crippen molar-refractivity contribution in [1.82, 2.24) is 9.97 Å². The molecular formula is C18H26N2. The van der Waals surface area contributed by atoms with Crippen LogP contribution in [0.2, 0.25) is 0 Å². The first-order chi connectivity index (χ1) is 9.47. The quantitative estimate of drug-likeness (QED) is 0.717. The lowest BCUT2D eigenvalue weighted by atomic mass is 9.86. The highest BCUT2D eigenvalue weighted by atomic mass is 14.8. The molecule has 1 aromatic carbocycles. The molecule has 0 radical (unpaired) electrons. The molecule has 0 N–H and O–H groups in total.